The molecule has 1 rings (SSSR count). The Balaban J connectivity index is 2.79. The first kappa shape index (κ1) is 14.7. The zero-order valence-corrected chi connectivity index (χ0v) is 11.5. The molecule has 1 heterocycles. The van der Waals surface area contributed by atoms with Gasteiger partial charge < -0.3 is 15.8 Å². The van der Waals surface area contributed by atoms with Crippen molar-refractivity contribution in [1.82, 2.24) is 5.32 Å². The van der Waals surface area contributed by atoms with E-state index in [0.29, 0.717) is 0 Å². The van der Waals surface area contributed by atoms with Gasteiger partial charge in [0.2, 0.25) is 5.91 Å². The smallest absolute Gasteiger partial charge is 0.307 e. The Morgan fingerprint density at radius 2 is 2.22 bits per heavy atom. The van der Waals surface area contributed by atoms with Gasteiger partial charge in [-0.05, 0) is 25.3 Å². The average Bonchev–Trinajstić information content (AvgIpc) is 2.79. The van der Waals surface area contributed by atoms with Gasteiger partial charge in [0.25, 0.3) is 0 Å². The highest BCUT2D eigenvalue weighted by atomic mass is 32.1. The van der Waals surface area contributed by atoms with E-state index in [-0.39, 0.29) is 18.3 Å². The summed E-state index contributed by atoms with van der Waals surface area (Å²) >= 11 is 1.47. The Labute approximate surface area is 110 Å². The van der Waals surface area contributed by atoms with Gasteiger partial charge in [0.1, 0.15) is 0 Å². The van der Waals surface area contributed by atoms with Crippen molar-refractivity contribution in [3.63, 3.8) is 0 Å². The molecule has 0 aliphatic heterocycles. The lowest BCUT2D eigenvalue weighted by Gasteiger charge is -2.23. The van der Waals surface area contributed by atoms with Crippen molar-refractivity contribution >= 4 is 23.2 Å². The second-order valence-electron chi connectivity index (χ2n) is 4.54. The second kappa shape index (κ2) is 5.97. The lowest BCUT2D eigenvalue weighted by atomic mass is 10.0. The first-order chi connectivity index (χ1) is 8.34. The van der Waals surface area contributed by atoms with Crippen LogP contribution in [-0.4, -0.2) is 24.5 Å². The molecule has 0 saturated carbocycles. The molecule has 0 aliphatic carbocycles. The molecular weight excluding hydrogens is 252 g/mol. The van der Waals surface area contributed by atoms with E-state index in [2.05, 4.69) is 10.1 Å². The van der Waals surface area contributed by atoms with Gasteiger partial charge in [-0.25, -0.2) is 0 Å². The molecule has 1 amide bonds. The maximum atomic E-state index is 11.9. The molecule has 0 fully saturated rings. The molecule has 6 heteroatoms. The van der Waals surface area contributed by atoms with Crippen LogP contribution in [0.4, 0.5) is 0 Å². The van der Waals surface area contributed by atoms with E-state index in [1.165, 1.54) is 18.4 Å². The van der Waals surface area contributed by atoms with Crippen LogP contribution in [0.2, 0.25) is 0 Å². The number of ether oxygens (including phenoxy) is 1. The third-order valence-corrected chi connectivity index (χ3v) is 3.36. The van der Waals surface area contributed by atoms with Gasteiger partial charge in [0.15, 0.2) is 0 Å². The molecule has 5 nitrogen and oxygen atoms in total. The average molecular weight is 270 g/mol. The van der Waals surface area contributed by atoms with Crippen LogP contribution in [-0.2, 0) is 14.3 Å². The van der Waals surface area contributed by atoms with Crippen LogP contribution in [0.25, 0.3) is 0 Å². The second-order valence-corrected chi connectivity index (χ2v) is 5.52. The van der Waals surface area contributed by atoms with Crippen molar-refractivity contribution in [3.8, 4) is 0 Å². The molecule has 1 aromatic rings. The van der Waals surface area contributed by atoms with Gasteiger partial charge in [-0.15, -0.1) is 11.3 Å². The van der Waals surface area contributed by atoms with Crippen molar-refractivity contribution in [2.45, 2.75) is 31.8 Å². The largest absolute Gasteiger partial charge is 0.469 e. The van der Waals surface area contributed by atoms with E-state index in [9.17, 15) is 9.59 Å². The number of nitrogens with one attached hydrogen (secondary N) is 1. The molecule has 1 atom stereocenters. The lowest BCUT2D eigenvalue weighted by Crippen LogP contribution is -2.50. The maximum Gasteiger partial charge on any atom is 0.307 e. The molecule has 3 N–H and O–H groups in total. The molecule has 100 valence electrons. The fourth-order valence-corrected chi connectivity index (χ4v) is 2.08. The van der Waals surface area contributed by atoms with E-state index in [1.54, 1.807) is 13.8 Å². The summed E-state index contributed by atoms with van der Waals surface area (Å²) in [5.74, 6) is -0.673. The zero-order valence-electron chi connectivity index (χ0n) is 10.7. The Morgan fingerprint density at radius 1 is 1.56 bits per heavy atom. The SMILES string of the molecule is COC(=O)CC(NC(=O)C(C)(C)N)c1cccs1. The minimum absolute atomic E-state index is 0.0961. The Morgan fingerprint density at radius 3 is 2.67 bits per heavy atom. The first-order valence-corrected chi connectivity index (χ1v) is 6.42. The van der Waals surface area contributed by atoms with Crippen LogP contribution in [0.1, 0.15) is 31.2 Å². The number of thiophene rings is 1. The number of esters is 1. The standard InChI is InChI=1S/C12H18N2O3S/c1-12(2,13)11(16)14-8(7-10(15)17-3)9-5-4-6-18-9/h4-6,8H,7,13H2,1-3H3,(H,14,16). The third-order valence-electron chi connectivity index (χ3n) is 2.38. The molecular formula is C12H18N2O3S. The van der Waals surface area contributed by atoms with Gasteiger partial charge in [0, 0.05) is 4.88 Å². The highest BCUT2D eigenvalue weighted by Crippen LogP contribution is 2.23. The van der Waals surface area contributed by atoms with Crippen LogP contribution in [0.3, 0.4) is 0 Å². The van der Waals surface area contributed by atoms with Gasteiger partial charge in [-0.3, -0.25) is 9.59 Å². The molecule has 0 aromatic carbocycles. The number of rotatable bonds is 5. The van der Waals surface area contributed by atoms with E-state index in [1.807, 2.05) is 17.5 Å². The summed E-state index contributed by atoms with van der Waals surface area (Å²) in [6, 6.07) is 3.33. The van der Waals surface area contributed by atoms with Gasteiger partial charge in [-0.1, -0.05) is 6.07 Å². The topological polar surface area (TPSA) is 81.4 Å². The first-order valence-electron chi connectivity index (χ1n) is 5.54. The van der Waals surface area contributed by atoms with E-state index in [4.69, 9.17) is 5.73 Å². The predicted octanol–water partition coefficient (Wildman–Crippen LogP) is 1.21. The number of carbonyl (C=O) groups is 2. The summed E-state index contributed by atoms with van der Waals surface area (Å²) in [6.45, 7) is 3.23. The molecule has 0 saturated heterocycles. The molecule has 18 heavy (non-hydrogen) atoms. The Bertz CT molecular complexity index is 409. The summed E-state index contributed by atoms with van der Waals surface area (Å²) in [5, 5.41) is 4.66. The van der Waals surface area contributed by atoms with Crippen molar-refractivity contribution < 1.29 is 14.3 Å². The quantitative estimate of drug-likeness (QED) is 0.788. The van der Waals surface area contributed by atoms with Crippen LogP contribution in [0.15, 0.2) is 17.5 Å². The normalized spacial score (nSPS) is 12.9. The maximum absolute atomic E-state index is 11.9. The van der Waals surface area contributed by atoms with Crippen LogP contribution >= 0.6 is 11.3 Å². The summed E-state index contributed by atoms with van der Waals surface area (Å²) in [5.41, 5.74) is 4.74. The molecule has 0 aliphatic rings. The molecule has 0 radical (unpaired) electrons. The number of hydrogen-bond donors (Lipinski definition) is 2. The zero-order chi connectivity index (χ0) is 13.8. The Hall–Kier alpha value is -1.40. The van der Waals surface area contributed by atoms with Gasteiger partial charge >= 0.3 is 5.97 Å². The van der Waals surface area contributed by atoms with Crippen LogP contribution < -0.4 is 11.1 Å². The van der Waals surface area contributed by atoms with Crippen LogP contribution in [0, 0.1) is 0 Å². The lowest BCUT2D eigenvalue weighted by molar-refractivity contribution is -0.141. The molecule has 1 unspecified atom stereocenters. The summed E-state index contributed by atoms with van der Waals surface area (Å²) in [7, 11) is 1.32. The predicted molar refractivity (Wildman–Crippen MR) is 70.1 cm³/mol. The molecule has 1 aromatic heterocycles. The van der Waals surface area contributed by atoms with E-state index in [0.717, 1.165) is 4.88 Å². The summed E-state index contributed by atoms with van der Waals surface area (Å²) < 4.78 is 4.63. The van der Waals surface area contributed by atoms with E-state index >= 15 is 0 Å². The number of amides is 1. The van der Waals surface area contributed by atoms with Crippen molar-refractivity contribution in [1.29, 1.82) is 0 Å². The van der Waals surface area contributed by atoms with Crippen LogP contribution in [0.5, 0.6) is 0 Å². The summed E-state index contributed by atoms with van der Waals surface area (Å²) in [4.78, 5) is 24.1. The third kappa shape index (κ3) is 4.12. The fourth-order valence-electron chi connectivity index (χ4n) is 1.31. The van der Waals surface area contributed by atoms with E-state index < -0.39 is 11.6 Å². The number of nitrogens with two attached hydrogens (primary N) is 1. The minimum Gasteiger partial charge on any atom is -0.469 e. The van der Waals surface area contributed by atoms with Crippen molar-refractivity contribution in [3.05, 3.63) is 22.4 Å². The number of methoxy groups -OCH3 is 1. The van der Waals surface area contributed by atoms with Gasteiger partial charge in [0.05, 0.1) is 25.1 Å². The van der Waals surface area contributed by atoms with Crippen molar-refractivity contribution in [2.75, 3.05) is 7.11 Å². The monoisotopic (exact) mass is 270 g/mol. The molecule has 0 spiro atoms. The van der Waals surface area contributed by atoms with Gasteiger partial charge in [-0.2, -0.15) is 0 Å². The number of carbonyl (C=O) groups excluding carboxylic acids is 2. The minimum atomic E-state index is -0.981. The highest BCUT2D eigenvalue weighted by Gasteiger charge is 2.27. The highest BCUT2D eigenvalue weighted by molar-refractivity contribution is 7.10. The summed E-state index contributed by atoms with van der Waals surface area (Å²) in [6.07, 6.45) is 0.0961. The Kier molecular flexibility index (Phi) is 4.86. The number of hydrogen-bond acceptors (Lipinski definition) is 5. The van der Waals surface area contributed by atoms with Crippen molar-refractivity contribution in [2.24, 2.45) is 5.73 Å². The fraction of sp³-hybridized carbons (Fsp3) is 0.500. The molecule has 0 bridgehead atoms.